The average Bonchev–Trinajstić information content (AvgIpc) is 2.90. The third-order valence-electron chi connectivity index (χ3n) is 3.80. The fraction of sp³-hybridized carbons (Fsp3) is 0.167. The van der Waals surface area contributed by atoms with E-state index in [1.807, 2.05) is 59.2 Å². The number of rotatable bonds is 4. The van der Waals surface area contributed by atoms with Gasteiger partial charge in [-0.2, -0.15) is 0 Å². The van der Waals surface area contributed by atoms with Crippen molar-refractivity contribution in [3.8, 4) is 5.69 Å². The number of carbonyl (C=O) groups is 1. The minimum atomic E-state index is -0.150. The largest absolute Gasteiger partial charge is 0.396 e. The van der Waals surface area contributed by atoms with Crippen molar-refractivity contribution in [2.75, 3.05) is 13.7 Å². The molecule has 0 aliphatic heterocycles. The summed E-state index contributed by atoms with van der Waals surface area (Å²) >= 11 is 0. The van der Waals surface area contributed by atoms with Gasteiger partial charge in [-0.3, -0.25) is 4.79 Å². The predicted molar refractivity (Wildman–Crippen MR) is 87.5 cm³/mol. The van der Waals surface area contributed by atoms with Crippen LogP contribution in [0.3, 0.4) is 0 Å². The molecule has 1 amide bonds. The van der Waals surface area contributed by atoms with Crippen molar-refractivity contribution in [3.63, 3.8) is 0 Å². The Labute approximate surface area is 129 Å². The maximum absolute atomic E-state index is 12.5. The van der Waals surface area contributed by atoms with Crippen molar-refractivity contribution in [3.05, 3.63) is 65.9 Å². The van der Waals surface area contributed by atoms with Crippen molar-refractivity contribution < 1.29 is 9.90 Å². The number of carbonyl (C=O) groups excluding carboxylic acids is 1. The van der Waals surface area contributed by atoms with Crippen LogP contribution in [0, 0.1) is 0 Å². The van der Waals surface area contributed by atoms with Crippen molar-refractivity contribution >= 4 is 16.8 Å². The number of fused-ring (bicyclic) bond motifs is 1. The normalized spacial score (nSPS) is 10.8. The highest BCUT2D eigenvalue weighted by molar-refractivity contribution is 6.02. The van der Waals surface area contributed by atoms with Gasteiger partial charge in [0.15, 0.2) is 0 Å². The number of amides is 1. The van der Waals surface area contributed by atoms with Crippen LogP contribution in [0.25, 0.3) is 16.6 Å². The summed E-state index contributed by atoms with van der Waals surface area (Å²) < 4.78 is 1.96. The number of nitrogens with one attached hydrogen (secondary N) is 1. The number of aliphatic hydroxyl groups is 1. The first-order valence-corrected chi connectivity index (χ1v) is 7.28. The van der Waals surface area contributed by atoms with Gasteiger partial charge >= 0.3 is 0 Å². The van der Waals surface area contributed by atoms with Crippen LogP contribution < -0.4 is 5.32 Å². The van der Waals surface area contributed by atoms with Gasteiger partial charge in [-0.1, -0.05) is 36.4 Å². The SMILES string of the molecule is CNC(=O)c1c(CCO)c2ccccc2n1-c1ccccc1. The van der Waals surface area contributed by atoms with Crippen LogP contribution in [-0.2, 0) is 6.42 Å². The van der Waals surface area contributed by atoms with Crippen molar-refractivity contribution in [1.29, 1.82) is 0 Å². The zero-order chi connectivity index (χ0) is 15.5. The molecule has 4 nitrogen and oxygen atoms in total. The van der Waals surface area contributed by atoms with Crippen LogP contribution in [0.4, 0.5) is 0 Å². The molecule has 0 saturated carbocycles. The van der Waals surface area contributed by atoms with Gasteiger partial charge in [-0.05, 0) is 30.2 Å². The highest BCUT2D eigenvalue weighted by atomic mass is 16.3. The lowest BCUT2D eigenvalue weighted by Crippen LogP contribution is -2.23. The first kappa shape index (κ1) is 14.4. The third-order valence-corrected chi connectivity index (χ3v) is 3.80. The molecule has 0 spiro atoms. The van der Waals surface area contributed by atoms with Crippen molar-refractivity contribution in [2.45, 2.75) is 6.42 Å². The summed E-state index contributed by atoms with van der Waals surface area (Å²) in [5.41, 5.74) is 3.36. The smallest absolute Gasteiger partial charge is 0.268 e. The van der Waals surface area contributed by atoms with Crippen LogP contribution >= 0.6 is 0 Å². The number of nitrogens with zero attached hydrogens (tertiary/aromatic N) is 1. The standard InChI is InChI=1S/C18H18N2O2/c1-19-18(22)17-15(11-12-21)14-9-5-6-10-16(14)20(17)13-7-3-2-4-8-13/h2-10,21H,11-12H2,1H3,(H,19,22). The Morgan fingerprint density at radius 3 is 2.45 bits per heavy atom. The van der Waals surface area contributed by atoms with E-state index < -0.39 is 0 Å². The minimum Gasteiger partial charge on any atom is -0.396 e. The van der Waals surface area contributed by atoms with Crippen LogP contribution in [0.2, 0.25) is 0 Å². The summed E-state index contributed by atoms with van der Waals surface area (Å²) in [6.45, 7) is 0.00674. The maximum Gasteiger partial charge on any atom is 0.268 e. The maximum atomic E-state index is 12.5. The summed E-state index contributed by atoms with van der Waals surface area (Å²) in [7, 11) is 1.62. The number of aliphatic hydroxyl groups excluding tert-OH is 1. The van der Waals surface area contributed by atoms with E-state index in [2.05, 4.69) is 5.32 Å². The fourth-order valence-electron chi connectivity index (χ4n) is 2.87. The molecular formula is C18H18N2O2. The Bertz CT molecular complexity index is 807. The molecule has 0 radical (unpaired) electrons. The monoisotopic (exact) mass is 294 g/mol. The van der Waals surface area contributed by atoms with E-state index in [1.165, 1.54) is 0 Å². The van der Waals surface area contributed by atoms with Gasteiger partial charge in [0.25, 0.3) is 5.91 Å². The molecule has 22 heavy (non-hydrogen) atoms. The van der Waals surface area contributed by atoms with Gasteiger partial charge in [-0.25, -0.2) is 0 Å². The highest BCUT2D eigenvalue weighted by Gasteiger charge is 2.22. The lowest BCUT2D eigenvalue weighted by molar-refractivity contribution is 0.0955. The van der Waals surface area contributed by atoms with Crippen molar-refractivity contribution in [2.24, 2.45) is 0 Å². The molecule has 4 heteroatoms. The second-order valence-corrected chi connectivity index (χ2v) is 5.07. The lowest BCUT2D eigenvalue weighted by atomic mass is 10.1. The first-order chi connectivity index (χ1) is 10.8. The molecule has 2 aromatic carbocycles. The Hall–Kier alpha value is -2.59. The summed E-state index contributed by atoms with van der Waals surface area (Å²) in [4.78, 5) is 12.5. The Balaban J connectivity index is 2.40. The van der Waals surface area contributed by atoms with E-state index >= 15 is 0 Å². The van der Waals surface area contributed by atoms with Gasteiger partial charge < -0.3 is 15.0 Å². The molecule has 3 aromatic rings. The fourth-order valence-corrected chi connectivity index (χ4v) is 2.87. The van der Waals surface area contributed by atoms with Gasteiger partial charge in [0.1, 0.15) is 5.69 Å². The molecule has 0 aliphatic rings. The van der Waals surface area contributed by atoms with E-state index in [4.69, 9.17) is 0 Å². The number of hydrogen-bond acceptors (Lipinski definition) is 2. The third kappa shape index (κ3) is 2.27. The summed E-state index contributed by atoms with van der Waals surface area (Å²) in [5, 5.41) is 13.1. The van der Waals surface area contributed by atoms with Gasteiger partial charge in [0.2, 0.25) is 0 Å². The van der Waals surface area contributed by atoms with E-state index in [-0.39, 0.29) is 12.5 Å². The lowest BCUT2D eigenvalue weighted by Gasteiger charge is -2.11. The van der Waals surface area contributed by atoms with Crippen molar-refractivity contribution in [1.82, 2.24) is 9.88 Å². The van der Waals surface area contributed by atoms with Crippen LogP contribution in [0.15, 0.2) is 54.6 Å². The van der Waals surface area contributed by atoms with E-state index in [9.17, 15) is 9.90 Å². The minimum absolute atomic E-state index is 0.00674. The Kier molecular flexibility index (Phi) is 3.94. The number of benzene rings is 2. The quantitative estimate of drug-likeness (QED) is 0.777. The number of hydrogen-bond donors (Lipinski definition) is 2. The molecule has 112 valence electrons. The van der Waals surface area contributed by atoms with Gasteiger partial charge in [-0.15, -0.1) is 0 Å². The van der Waals surface area contributed by atoms with Gasteiger partial charge in [0.05, 0.1) is 5.52 Å². The molecule has 0 bridgehead atoms. The average molecular weight is 294 g/mol. The summed E-state index contributed by atoms with van der Waals surface area (Å²) in [6.07, 6.45) is 0.448. The summed E-state index contributed by atoms with van der Waals surface area (Å²) in [6, 6.07) is 17.7. The number of aromatic nitrogens is 1. The zero-order valence-electron chi connectivity index (χ0n) is 12.4. The second-order valence-electron chi connectivity index (χ2n) is 5.07. The molecule has 3 rings (SSSR count). The predicted octanol–water partition coefficient (Wildman–Crippen LogP) is 2.52. The van der Waals surface area contributed by atoms with E-state index in [0.717, 1.165) is 22.2 Å². The molecular weight excluding hydrogens is 276 g/mol. The molecule has 1 heterocycles. The molecule has 0 atom stereocenters. The molecule has 0 aliphatic carbocycles. The molecule has 2 N–H and O–H groups in total. The summed E-state index contributed by atoms with van der Waals surface area (Å²) in [5.74, 6) is -0.150. The Morgan fingerprint density at radius 1 is 1.09 bits per heavy atom. The van der Waals surface area contributed by atoms with E-state index in [1.54, 1.807) is 7.05 Å². The van der Waals surface area contributed by atoms with Crippen LogP contribution in [-0.4, -0.2) is 29.2 Å². The molecule has 0 fully saturated rings. The number of para-hydroxylation sites is 2. The van der Waals surface area contributed by atoms with Crippen LogP contribution in [0.5, 0.6) is 0 Å². The molecule has 0 unspecified atom stereocenters. The van der Waals surface area contributed by atoms with Crippen LogP contribution in [0.1, 0.15) is 16.1 Å². The van der Waals surface area contributed by atoms with E-state index in [0.29, 0.717) is 12.1 Å². The van der Waals surface area contributed by atoms with Gasteiger partial charge in [0, 0.05) is 24.7 Å². The second kappa shape index (κ2) is 6.03. The first-order valence-electron chi connectivity index (χ1n) is 7.28. The highest BCUT2D eigenvalue weighted by Crippen LogP contribution is 2.30. The zero-order valence-corrected chi connectivity index (χ0v) is 12.4. The Morgan fingerprint density at radius 2 is 1.77 bits per heavy atom. The topological polar surface area (TPSA) is 54.3 Å². The molecule has 0 saturated heterocycles. The molecule has 1 aromatic heterocycles.